The topological polar surface area (TPSA) is 75.3 Å². The number of sulfone groups is 1. The van der Waals surface area contributed by atoms with Crippen LogP contribution in [0.3, 0.4) is 0 Å². The SMILES string of the molecule is O=C(NC(C1CCNC1)S(=O)(=O)c1ccc2cc(Cl)ccc2c1)C(F)(F)F. The first-order valence-corrected chi connectivity index (χ1v) is 10.0. The molecule has 0 aromatic heterocycles. The number of carbonyl (C=O) groups excluding carboxylic acids is 1. The van der Waals surface area contributed by atoms with E-state index in [0.29, 0.717) is 28.8 Å². The first-order valence-electron chi connectivity index (χ1n) is 8.10. The Hall–Kier alpha value is -1.84. The highest BCUT2D eigenvalue weighted by molar-refractivity contribution is 7.92. The van der Waals surface area contributed by atoms with Crippen LogP contribution >= 0.6 is 11.6 Å². The minimum Gasteiger partial charge on any atom is -0.331 e. The Morgan fingerprint density at radius 3 is 2.48 bits per heavy atom. The standard InChI is InChI=1S/C17H16ClF3N2O3S/c18-13-3-1-11-8-14(4-2-10(11)7-13)27(25,26)15(12-5-6-22-9-12)23-16(24)17(19,20)21/h1-4,7-8,12,15,22H,5-6,9H2,(H,23,24). The molecule has 1 amide bonds. The van der Waals surface area contributed by atoms with Crippen LogP contribution in [0.2, 0.25) is 5.02 Å². The molecule has 1 saturated heterocycles. The maximum absolute atomic E-state index is 13.1. The largest absolute Gasteiger partial charge is 0.471 e. The van der Waals surface area contributed by atoms with E-state index in [1.165, 1.54) is 18.2 Å². The highest BCUT2D eigenvalue weighted by atomic mass is 35.5. The second-order valence-electron chi connectivity index (χ2n) is 6.34. The van der Waals surface area contributed by atoms with Gasteiger partial charge in [0.15, 0.2) is 9.84 Å². The summed E-state index contributed by atoms with van der Waals surface area (Å²) in [7, 11) is -4.25. The van der Waals surface area contributed by atoms with Gasteiger partial charge in [-0.15, -0.1) is 0 Å². The fourth-order valence-electron chi connectivity index (χ4n) is 3.11. The third-order valence-electron chi connectivity index (χ3n) is 4.49. The second kappa shape index (κ2) is 7.29. The lowest BCUT2D eigenvalue weighted by atomic mass is 10.1. The van der Waals surface area contributed by atoms with Crippen LogP contribution in [0, 0.1) is 5.92 Å². The fourth-order valence-corrected chi connectivity index (χ4v) is 5.14. The van der Waals surface area contributed by atoms with Gasteiger partial charge in [-0.05, 0) is 48.0 Å². The molecule has 10 heteroatoms. The van der Waals surface area contributed by atoms with E-state index in [-0.39, 0.29) is 11.4 Å². The molecule has 0 spiro atoms. The number of nitrogens with one attached hydrogen (secondary N) is 2. The number of hydrogen-bond acceptors (Lipinski definition) is 4. The number of amides is 1. The van der Waals surface area contributed by atoms with Crippen molar-refractivity contribution in [2.45, 2.75) is 22.9 Å². The molecule has 0 aliphatic carbocycles. The zero-order chi connectivity index (χ0) is 19.8. The van der Waals surface area contributed by atoms with E-state index in [1.54, 1.807) is 23.5 Å². The third-order valence-corrected chi connectivity index (χ3v) is 6.81. The minimum absolute atomic E-state index is 0.156. The lowest BCUT2D eigenvalue weighted by Gasteiger charge is -2.25. The van der Waals surface area contributed by atoms with Crippen molar-refractivity contribution in [2.24, 2.45) is 5.92 Å². The number of fused-ring (bicyclic) bond motifs is 1. The van der Waals surface area contributed by atoms with Gasteiger partial charge in [0, 0.05) is 17.5 Å². The van der Waals surface area contributed by atoms with Crippen LogP contribution in [0.25, 0.3) is 10.8 Å². The molecule has 146 valence electrons. The molecule has 2 aromatic rings. The first kappa shape index (κ1) is 19.9. The van der Waals surface area contributed by atoms with Gasteiger partial charge in [-0.2, -0.15) is 13.2 Å². The molecule has 27 heavy (non-hydrogen) atoms. The summed E-state index contributed by atoms with van der Waals surface area (Å²) >= 11 is 5.91. The average molecular weight is 421 g/mol. The van der Waals surface area contributed by atoms with Crippen LogP contribution < -0.4 is 10.6 Å². The molecule has 1 fully saturated rings. The van der Waals surface area contributed by atoms with Gasteiger partial charge in [-0.25, -0.2) is 8.42 Å². The Kier molecular flexibility index (Phi) is 5.38. The van der Waals surface area contributed by atoms with E-state index in [0.717, 1.165) is 0 Å². The van der Waals surface area contributed by atoms with E-state index in [9.17, 15) is 26.4 Å². The molecule has 1 aliphatic heterocycles. The van der Waals surface area contributed by atoms with Crippen LogP contribution in [0.15, 0.2) is 41.3 Å². The maximum atomic E-state index is 13.1. The second-order valence-corrected chi connectivity index (χ2v) is 8.85. The third kappa shape index (κ3) is 4.20. The van der Waals surface area contributed by atoms with Gasteiger partial charge in [0.2, 0.25) is 0 Å². The van der Waals surface area contributed by atoms with Gasteiger partial charge >= 0.3 is 12.1 Å². The van der Waals surface area contributed by atoms with Gasteiger partial charge in [-0.1, -0.05) is 23.7 Å². The molecule has 1 heterocycles. The van der Waals surface area contributed by atoms with Crippen molar-refractivity contribution in [3.63, 3.8) is 0 Å². The molecule has 3 rings (SSSR count). The van der Waals surface area contributed by atoms with E-state index in [1.807, 2.05) is 0 Å². The van der Waals surface area contributed by atoms with Crippen LogP contribution in [0.5, 0.6) is 0 Å². The maximum Gasteiger partial charge on any atom is 0.471 e. The summed E-state index contributed by atoms with van der Waals surface area (Å²) < 4.78 is 64.2. The summed E-state index contributed by atoms with van der Waals surface area (Å²) in [4.78, 5) is 11.3. The van der Waals surface area contributed by atoms with Gasteiger partial charge in [0.25, 0.3) is 0 Å². The number of alkyl halides is 3. The fraction of sp³-hybridized carbons (Fsp3) is 0.353. The Bertz CT molecular complexity index is 973. The van der Waals surface area contributed by atoms with Crippen molar-refractivity contribution >= 4 is 38.1 Å². The van der Waals surface area contributed by atoms with Crippen LogP contribution in [-0.2, 0) is 14.6 Å². The van der Waals surface area contributed by atoms with Crippen molar-refractivity contribution in [2.75, 3.05) is 13.1 Å². The molecule has 1 aliphatic rings. The summed E-state index contributed by atoms with van der Waals surface area (Å²) in [6.07, 6.45) is -4.83. The predicted molar refractivity (Wildman–Crippen MR) is 95.1 cm³/mol. The number of halogens is 4. The van der Waals surface area contributed by atoms with Crippen molar-refractivity contribution < 1.29 is 26.4 Å². The molecule has 5 nitrogen and oxygen atoms in total. The van der Waals surface area contributed by atoms with Crippen molar-refractivity contribution in [1.82, 2.24) is 10.6 Å². The minimum atomic E-state index is -5.17. The Morgan fingerprint density at radius 1 is 1.19 bits per heavy atom. The van der Waals surface area contributed by atoms with E-state index in [2.05, 4.69) is 5.32 Å². The molecular weight excluding hydrogens is 405 g/mol. The van der Waals surface area contributed by atoms with Crippen molar-refractivity contribution in [3.8, 4) is 0 Å². The summed E-state index contributed by atoms with van der Waals surface area (Å²) in [5.74, 6) is -2.93. The predicted octanol–water partition coefficient (Wildman–Crippen LogP) is 2.88. The monoisotopic (exact) mass is 420 g/mol. The van der Waals surface area contributed by atoms with Crippen molar-refractivity contribution in [1.29, 1.82) is 0 Å². The smallest absolute Gasteiger partial charge is 0.331 e. The summed E-state index contributed by atoms with van der Waals surface area (Å²) in [5.41, 5.74) is 0. The Balaban J connectivity index is 2.01. The van der Waals surface area contributed by atoms with Gasteiger partial charge in [0.1, 0.15) is 5.37 Å². The van der Waals surface area contributed by atoms with Gasteiger partial charge < -0.3 is 10.6 Å². The molecule has 0 saturated carbocycles. The number of benzene rings is 2. The van der Waals surface area contributed by atoms with E-state index < -0.39 is 33.2 Å². The lowest BCUT2D eigenvalue weighted by Crippen LogP contribution is -2.50. The highest BCUT2D eigenvalue weighted by Crippen LogP contribution is 2.28. The molecule has 2 N–H and O–H groups in total. The lowest BCUT2D eigenvalue weighted by molar-refractivity contribution is -0.174. The summed E-state index contributed by atoms with van der Waals surface area (Å²) in [5, 5.41) is 4.67. The number of rotatable bonds is 4. The average Bonchev–Trinajstić information content (AvgIpc) is 3.11. The molecule has 2 aromatic carbocycles. The Morgan fingerprint density at radius 2 is 1.85 bits per heavy atom. The summed E-state index contributed by atoms with van der Waals surface area (Å²) in [6.45, 7) is 0.667. The zero-order valence-corrected chi connectivity index (χ0v) is 15.5. The molecule has 2 atom stereocenters. The van der Waals surface area contributed by atoms with Crippen LogP contribution in [0.4, 0.5) is 13.2 Å². The molecular formula is C17H16ClF3N2O3S. The quantitative estimate of drug-likeness (QED) is 0.797. The van der Waals surface area contributed by atoms with E-state index in [4.69, 9.17) is 11.6 Å². The van der Waals surface area contributed by atoms with E-state index >= 15 is 0 Å². The van der Waals surface area contributed by atoms with Crippen LogP contribution in [0.1, 0.15) is 6.42 Å². The highest BCUT2D eigenvalue weighted by Gasteiger charge is 2.45. The number of carbonyl (C=O) groups is 1. The molecule has 0 bridgehead atoms. The summed E-state index contributed by atoms with van der Waals surface area (Å²) in [6, 6.07) is 9.07. The number of hydrogen-bond donors (Lipinski definition) is 2. The normalized spacial score (nSPS) is 19.2. The van der Waals surface area contributed by atoms with Crippen LogP contribution in [-0.4, -0.2) is 39.0 Å². The first-order chi connectivity index (χ1) is 12.6. The van der Waals surface area contributed by atoms with Gasteiger partial charge in [0.05, 0.1) is 4.90 Å². The van der Waals surface area contributed by atoms with Gasteiger partial charge in [-0.3, -0.25) is 4.79 Å². The zero-order valence-electron chi connectivity index (χ0n) is 13.9. The van der Waals surface area contributed by atoms with Crippen molar-refractivity contribution in [3.05, 3.63) is 41.4 Å². The molecule has 2 unspecified atom stereocenters. The molecule has 0 radical (unpaired) electrons. The Labute approximate surface area is 158 Å².